The van der Waals surface area contributed by atoms with Gasteiger partial charge in [-0.25, -0.2) is 4.39 Å². The number of halogens is 4. The van der Waals surface area contributed by atoms with E-state index in [-0.39, 0.29) is 23.5 Å². The van der Waals surface area contributed by atoms with Crippen LogP contribution in [0.25, 0.3) is 5.57 Å². The zero-order chi connectivity index (χ0) is 25.7. The first-order valence-corrected chi connectivity index (χ1v) is 13.1. The molecule has 3 aromatic carbocycles. The minimum atomic E-state index is -0.326. The number of benzene rings is 3. The molecule has 0 saturated carbocycles. The topological polar surface area (TPSA) is 49.4 Å². The smallest absolute Gasteiger partial charge is 0.251 e. The van der Waals surface area contributed by atoms with Gasteiger partial charge in [0.2, 0.25) is 5.91 Å². The van der Waals surface area contributed by atoms with Gasteiger partial charge in [-0.15, -0.1) is 0 Å². The molecule has 0 aromatic heterocycles. The highest BCUT2D eigenvalue weighted by molar-refractivity contribution is 9.10. The molecular weight excluding hydrogens is 566 g/mol. The molecular formula is C28H24BrCl2FN2O2. The predicted octanol–water partition coefficient (Wildman–Crippen LogP) is 7.00. The third kappa shape index (κ3) is 6.96. The molecule has 1 aliphatic rings. The minimum Gasteiger partial charge on any atom is -0.352 e. The maximum atomic E-state index is 13.5. The van der Waals surface area contributed by atoms with Crippen LogP contribution in [-0.2, 0) is 4.79 Å². The molecule has 1 fully saturated rings. The van der Waals surface area contributed by atoms with Crippen LogP contribution >= 0.6 is 39.1 Å². The normalized spacial score (nSPS) is 14.6. The van der Waals surface area contributed by atoms with E-state index in [2.05, 4.69) is 21.2 Å². The summed E-state index contributed by atoms with van der Waals surface area (Å²) in [5.41, 5.74) is 2.80. The Balaban J connectivity index is 1.39. The first-order valence-electron chi connectivity index (χ1n) is 11.6. The molecule has 0 atom stereocenters. The summed E-state index contributed by atoms with van der Waals surface area (Å²) in [6.07, 6.45) is 3.18. The lowest BCUT2D eigenvalue weighted by Crippen LogP contribution is -2.41. The van der Waals surface area contributed by atoms with E-state index in [0.29, 0.717) is 35.2 Å². The molecule has 0 radical (unpaired) electrons. The van der Waals surface area contributed by atoms with E-state index >= 15 is 0 Å². The lowest BCUT2D eigenvalue weighted by molar-refractivity contribution is -0.127. The van der Waals surface area contributed by atoms with Crippen LogP contribution in [0, 0.1) is 11.7 Å². The number of piperidine rings is 1. The van der Waals surface area contributed by atoms with Crippen molar-refractivity contribution in [3.05, 3.63) is 110 Å². The number of carbonyl (C=O) groups excluding carboxylic acids is 2. The second kappa shape index (κ2) is 12.0. The summed E-state index contributed by atoms with van der Waals surface area (Å²) in [5.74, 6) is -0.375. The van der Waals surface area contributed by atoms with Crippen molar-refractivity contribution >= 4 is 56.5 Å². The van der Waals surface area contributed by atoms with Gasteiger partial charge < -0.3 is 10.2 Å². The Bertz CT molecular complexity index is 1200. The number of likely N-dealkylation sites (tertiary alicyclic amines) is 1. The summed E-state index contributed by atoms with van der Waals surface area (Å²) < 4.78 is 14.4. The number of hydrogen-bond donors (Lipinski definition) is 1. The molecule has 0 bridgehead atoms. The Morgan fingerprint density at radius 3 is 2.06 bits per heavy atom. The van der Waals surface area contributed by atoms with Crippen molar-refractivity contribution in [2.75, 3.05) is 19.6 Å². The molecule has 0 unspecified atom stereocenters. The summed E-state index contributed by atoms with van der Waals surface area (Å²) in [7, 11) is 0. The van der Waals surface area contributed by atoms with Crippen molar-refractivity contribution in [2.45, 2.75) is 12.8 Å². The second-order valence-electron chi connectivity index (χ2n) is 8.71. The lowest BCUT2D eigenvalue weighted by atomic mass is 9.95. The first kappa shape index (κ1) is 26.4. The zero-order valence-electron chi connectivity index (χ0n) is 19.3. The van der Waals surface area contributed by atoms with Gasteiger partial charge in [-0.05, 0) is 77.9 Å². The quantitative estimate of drug-likeness (QED) is 0.315. The number of amides is 2. The minimum absolute atomic E-state index is 0.0895. The maximum Gasteiger partial charge on any atom is 0.251 e. The third-order valence-electron chi connectivity index (χ3n) is 6.18. The molecule has 4 nitrogen and oxygen atoms in total. The summed E-state index contributed by atoms with van der Waals surface area (Å²) in [4.78, 5) is 27.5. The fourth-order valence-electron chi connectivity index (χ4n) is 4.19. The van der Waals surface area contributed by atoms with Gasteiger partial charge in [0.1, 0.15) is 5.82 Å². The zero-order valence-corrected chi connectivity index (χ0v) is 22.4. The van der Waals surface area contributed by atoms with Crippen molar-refractivity contribution in [1.82, 2.24) is 10.2 Å². The molecule has 3 aromatic rings. The van der Waals surface area contributed by atoms with Gasteiger partial charge in [0.25, 0.3) is 5.91 Å². The van der Waals surface area contributed by atoms with Crippen molar-refractivity contribution in [2.24, 2.45) is 5.92 Å². The predicted molar refractivity (Wildman–Crippen MR) is 146 cm³/mol. The van der Waals surface area contributed by atoms with Crippen LogP contribution in [-0.4, -0.2) is 36.3 Å². The van der Waals surface area contributed by atoms with Gasteiger partial charge in [0.05, 0.1) is 0 Å². The number of rotatable bonds is 6. The Morgan fingerprint density at radius 1 is 0.917 bits per heavy atom. The SMILES string of the molecule is O=C(NCC1CCN(C(=O)/C=C(/c2ccc(F)cc2)c2ccc(Br)cc2)CC1)c1cc(Cl)cc(Cl)c1. The molecule has 0 spiro atoms. The molecule has 1 N–H and O–H groups in total. The summed E-state index contributed by atoms with van der Waals surface area (Å²) in [5, 5.41) is 3.77. The maximum absolute atomic E-state index is 13.5. The Hall–Kier alpha value is -2.67. The van der Waals surface area contributed by atoms with Crippen LogP contribution < -0.4 is 5.32 Å². The fraction of sp³-hybridized carbons (Fsp3) is 0.214. The molecule has 4 rings (SSSR count). The van der Waals surface area contributed by atoms with Gasteiger partial charge in [0, 0.05) is 45.8 Å². The van der Waals surface area contributed by atoms with Crippen LogP contribution in [0.15, 0.2) is 77.3 Å². The first-order chi connectivity index (χ1) is 17.3. The highest BCUT2D eigenvalue weighted by Crippen LogP contribution is 2.27. The summed E-state index contributed by atoms with van der Waals surface area (Å²) >= 11 is 15.4. The van der Waals surface area contributed by atoms with E-state index < -0.39 is 0 Å². The molecule has 8 heteroatoms. The fourth-order valence-corrected chi connectivity index (χ4v) is 4.98. The van der Waals surface area contributed by atoms with E-state index in [9.17, 15) is 14.0 Å². The average molecular weight is 590 g/mol. The lowest BCUT2D eigenvalue weighted by Gasteiger charge is -2.31. The molecule has 1 aliphatic heterocycles. The van der Waals surface area contributed by atoms with Gasteiger partial charge in [-0.1, -0.05) is 63.4 Å². The molecule has 2 amide bonds. The number of hydrogen-bond acceptors (Lipinski definition) is 2. The van der Waals surface area contributed by atoms with Gasteiger partial charge in [-0.3, -0.25) is 9.59 Å². The molecule has 36 heavy (non-hydrogen) atoms. The van der Waals surface area contributed by atoms with Crippen molar-refractivity contribution < 1.29 is 14.0 Å². The standard InChI is InChI=1S/C28H24BrCl2FN2O2/c29-22-5-1-19(2-6-22)26(20-3-7-25(32)8-4-20)16-27(35)34-11-9-18(10-12-34)17-33-28(36)21-13-23(30)15-24(31)14-21/h1-8,13-16,18H,9-12,17H2,(H,33,36)/b26-16+. The van der Waals surface area contributed by atoms with Crippen LogP contribution in [0.2, 0.25) is 10.0 Å². The van der Waals surface area contributed by atoms with E-state index in [1.54, 1.807) is 36.4 Å². The number of carbonyl (C=O) groups is 2. The Morgan fingerprint density at radius 2 is 1.47 bits per heavy atom. The molecule has 1 saturated heterocycles. The van der Waals surface area contributed by atoms with Crippen LogP contribution in [0.5, 0.6) is 0 Å². The molecule has 0 aliphatic carbocycles. The molecule has 1 heterocycles. The highest BCUT2D eigenvalue weighted by Gasteiger charge is 2.23. The van der Waals surface area contributed by atoms with Crippen LogP contribution in [0.4, 0.5) is 4.39 Å². The van der Waals surface area contributed by atoms with Crippen LogP contribution in [0.1, 0.15) is 34.3 Å². The highest BCUT2D eigenvalue weighted by atomic mass is 79.9. The summed E-state index contributed by atoms with van der Waals surface area (Å²) in [6, 6.07) is 18.6. The van der Waals surface area contributed by atoms with Crippen molar-refractivity contribution in [3.63, 3.8) is 0 Å². The summed E-state index contributed by atoms with van der Waals surface area (Å²) in [6.45, 7) is 1.70. The van der Waals surface area contributed by atoms with E-state index in [1.807, 2.05) is 29.2 Å². The number of nitrogens with one attached hydrogen (secondary N) is 1. The number of nitrogens with zero attached hydrogens (tertiary/aromatic N) is 1. The van der Waals surface area contributed by atoms with E-state index in [1.165, 1.54) is 12.1 Å². The van der Waals surface area contributed by atoms with E-state index in [0.717, 1.165) is 34.0 Å². The Kier molecular flexibility index (Phi) is 8.83. The average Bonchev–Trinajstić information content (AvgIpc) is 2.86. The van der Waals surface area contributed by atoms with Crippen molar-refractivity contribution in [3.8, 4) is 0 Å². The van der Waals surface area contributed by atoms with Crippen molar-refractivity contribution in [1.29, 1.82) is 0 Å². The van der Waals surface area contributed by atoms with Gasteiger partial charge in [-0.2, -0.15) is 0 Å². The van der Waals surface area contributed by atoms with Gasteiger partial charge in [0.15, 0.2) is 0 Å². The van der Waals surface area contributed by atoms with E-state index in [4.69, 9.17) is 23.2 Å². The third-order valence-corrected chi connectivity index (χ3v) is 7.15. The largest absolute Gasteiger partial charge is 0.352 e. The van der Waals surface area contributed by atoms with Gasteiger partial charge >= 0.3 is 0 Å². The Labute approximate surface area is 228 Å². The van der Waals surface area contributed by atoms with Crippen LogP contribution in [0.3, 0.4) is 0 Å². The molecule has 186 valence electrons. The second-order valence-corrected chi connectivity index (χ2v) is 10.5. The monoisotopic (exact) mass is 588 g/mol.